The van der Waals surface area contributed by atoms with Gasteiger partial charge in [0.2, 0.25) is 0 Å². The Hall–Kier alpha value is -2.30. The molecule has 2 saturated heterocycles. The molecule has 138 valence electrons. The zero-order valence-electron chi connectivity index (χ0n) is 15.2. The van der Waals surface area contributed by atoms with Crippen LogP contribution >= 0.6 is 0 Å². The largest absolute Gasteiger partial charge is 0.422 e. The maximum absolute atomic E-state index is 12.6. The van der Waals surface area contributed by atoms with Crippen LogP contribution < -0.4 is 4.90 Å². The predicted molar refractivity (Wildman–Crippen MR) is 101 cm³/mol. The minimum atomic E-state index is -0.516. The fourth-order valence-electron chi connectivity index (χ4n) is 4.22. The number of hydrogen-bond acceptors (Lipinski definition) is 4. The van der Waals surface area contributed by atoms with Crippen molar-refractivity contribution in [2.75, 3.05) is 18.0 Å². The molecule has 0 aromatic heterocycles. The van der Waals surface area contributed by atoms with Crippen LogP contribution in [0.4, 0.5) is 10.5 Å². The zero-order valence-corrected chi connectivity index (χ0v) is 15.2. The standard InChI is InChI=1S/C21H26N2O3/c24-20-19(26-21(25)23(20)18-7-3-1-4-8-18)15-16-9-11-17(12-10-16)22-13-5-2-6-14-22/h9-12,15,18H,1-8,13-14H2. The normalized spacial score (nSPS) is 23.6. The predicted octanol–water partition coefficient (Wildman–Crippen LogP) is 4.33. The summed E-state index contributed by atoms with van der Waals surface area (Å²) in [6, 6.07) is 8.13. The summed E-state index contributed by atoms with van der Waals surface area (Å²) >= 11 is 0. The van der Waals surface area contributed by atoms with Crippen LogP contribution in [0, 0.1) is 0 Å². The third-order valence-corrected chi connectivity index (χ3v) is 5.68. The van der Waals surface area contributed by atoms with Gasteiger partial charge in [-0.1, -0.05) is 31.4 Å². The van der Waals surface area contributed by atoms with Gasteiger partial charge in [0.15, 0.2) is 5.76 Å². The van der Waals surface area contributed by atoms with Crippen LogP contribution in [0.3, 0.4) is 0 Å². The van der Waals surface area contributed by atoms with Crippen molar-refractivity contribution < 1.29 is 14.3 Å². The lowest BCUT2D eigenvalue weighted by molar-refractivity contribution is -0.125. The molecule has 0 unspecified atom stereocenters. The van der Waals surface area contributed by atoms with Crippen LogP contribution in [0.15, 0.2) is 30.0 Å². The van der Waals surface area contributed by atoms with Crippen molar-refractivity contribution in [1.82, 2.24) is 4.90 Å². The Morgan fingerprint density at radius 2 is 1.54 bits per heavy atom. The van der Waals surface area contributed by atoms with Gasteiger partial charge < -0.3 is 9.64 Å². The number of hydrogen-bond donors (Lipinski definition) is 0. The summed E-state index contributed by atoms with van der Waals surface area (Å²) in [5.41, 5.74) is 2.10. The average molecular weight is 354 g/mol. The van der Waals surface area contributed by atoms with Gasteiger partial charge in [0.05, 0.1) is 0 Å². The zero-order chi connectivity index (χ0) is 17.9. The second-order valence-electron chi connectivity index (χ2n) is 7.48. The number of carbonyl (C=O) groups is 2. The van der Waals surface area contributed by atoms with Gasteiger partial charge in [0.25, 0.3) is 5.91 Å². The molecular formula is C21H26N2O3. The highest BCUT2D eigenvalue weighted by atomic mass is 16.6. The molecule has 2 amide bonds. The Morgan fingerprint density at radius 3 is 2.23 bits per heavy atom. The lowest BCUT2D eigenvalue weighted by atomic mass is 9.94. The van der Waals surface area contributed by atoms with Gasteiger partial charge in [-0.2, -0.15) is 0 Å². The number of nitrogens with zero attached hydrogens (tertiary/aromatic N) is 2. The van der Waals surface area contributed by atoms with E-state index in [0.717, 1.165) is 44.3 Å². The summed E-state index contributed by atoms with van der Waals surface area (Å²) in [7, 11) is 0. The van der Waals surface area contributed by atoms with E-state index in [-0.39, 0.29) is 17.7 Å². The third kappa shape index (κ3) is 3.48. The molecule has 0 atom stereocenters. The van der Waals surface area contributed by atoms with Gasteiger partial charge in [0, 0.05) is 24.8 Å². The summed E-state index contributed by atoms with van der Waals surface area (Å²) in [5, 5.41) is 0. The monoisotopic (exact) mass is 354 g/mol. The summed E-state index contributed by atoms with van der Waals surface area (Å²) in [5.74, 6) is -0.145. The van der Waals surface area contributed by atoms with E-state index in [1.54, 1.807) is 6.08 Å². The van der Waals surface area contributed by atoms with Gasteiger partial charge in [-0.3, -0.25) is 4.79 Å². The highest BCUT2D eigenvalue weighted by Crippen LogP contribution is 2.29. The molecule has 5 nitrogen and oxygen atoms in total. The number of cyclic esters (lactones) is 1. The molecule has 1 aliphatic carbocycles. The maximum Gasteiger partial charge on any atom is 0.422 e. The Morgan fingerprint density at radius 1 is 0.885 bits per heavy atom. The molecule has 3 fully saturated rings. The van der Waals surface area contributed by atoms with Crippen LogP contribution in [0.2, 0.25) is 0 Å². The fraction of sp³-hybridized carbons (Fsp3) is 0.524. The maximum atomic E-state index is 12.6. The van der Waals surface area contributed by atoms with Crippen LogP contribution in [-0.4, -0.2) is 36.0 Å². The molecule has 4 rings (SSSR count). The van der Waals surface area contributed by atoms with Gasteiger partial charge in [-0.15, -0.1) is 0 Å². The molecule has 0 bridgehead atoms. The Balaban J connectivity index is 1.47. The molecule has 2 aliphatic heterocycles. The first-order valence-corrected chi connectivity index (χ1v) is 9.84. The van der Waals surface area contributed by atoms with Gasteiger partial charge >= 0.3 is 6.09 Å². The van der Waals surface area contributed by atoms with Crippen molar-refractivity contribution in [3.8, 4) is 0 Å². The number of anilines is 1. The van der Waals surface area contributed by atoms with E-state index >= 15 is 0 Å². The Labute approximate surface area is 154 Å². The summed E-state index contributed by atoms with van der Waals surface area (Å²) in [4.78, 5) is 28.5. The molecule has 1 saturated carbocycles. The topological polar surface area (TPSA) is 49.9 Å². The average Bonchev–Trinajstić information content (AvgIpc) is 2.97. The van der Waals surface area contributed by atoms with Crippen LogP contribution in [0.1, 0.15) is 56.9 Å². The molecule has 0 spiro atoms. The smallest absolute Gasteiger partial charge is 0.404 e. The lowest BCUT2D eigenvalue weighted by Crippen LogP contribution is -2.40. The molecule has 1 aromatic carbocycles. The van der Waals surface area contributed by atoms with E-state index in [1.165, 1.54) is 36.3 Å². The minimum absolute atomic E-state index is 0.00359. The molecule has 3 aliphatic rings. The molecule has 0 N–H and O–H groups in total. The lowest BCUT2D eigenvalue weighted by Gasteiger charge is -2.28. The first-order chi connectivity index (χ1) is 12.7. The van der Waals surface area contributed by atoms with Crippen molar-refractivity contribution >= 4 is 23.8 Å². The van der Waals surface area contributed by atoms with Gasteiger partial charge in [-0.05, 0) is 55.9 Å². The molecule has 1 aromatic rings. The fourth-order valence-corrected chi connectivity index (χ4v) is 4.22. The second-order valence-corrected chi connectivity index (χ2v) is 7.48. The van der Waals surface area contributed by atoms with Gasteiger partial charge in [0.1, 0.15) is 0 Å². The molecule has 2 heterocycles. The SMILES string of the molecule is O=C1OC(=Cc2ccc(N3CCCCC3)cc2)C(=O)N1C1CCCCC1. The number of ether oxygens (including phenoxy) is 1. The van der Waals surface area contributed by atoms with E-state index in [0.29, 0.717) is 0 Å². The number of imide groups is 1. The van der Waals surface area contributed by atoms with E-state index < -0.39 is 6.09 Å². The number of piperidine rings is 1. The van der Waals surface area contributed by atoms with Crippen molar-refractivity contribution in [2.45, 2.75) is 57.4 Å². The summed E-state index contributed by atoms with van der Waals surface area (Å²) < 4.78 is 5.28. The van der Waals surface area contributed by atoms with Crippen molar-refractivity contribution in [3.63, 3.8) is 0 Å². The van der Waals surface area contributed by atoms with Crippen LogP contribution in [0.5, 0.6) is 0 Å². The third-order valence-electron chi connectivity index (χ3n) is 5.68. The summed E-state index contributed by atoms with van der Waals surface area (Å²) in [6.45, 7) is 2.21. The number of amides is 2. The Bertz CT molecular complexity index is 698. The number of benzene rings is 1. The van der Waals surface area contributed by atoms with Crippen LogP contribution in [-0.2, 0) is 9.53 Å². The van der Waals surface area contributed by atoms with Crippen LogP contribution in [0.25, 0.3) is 6.08 Å². The molecule has 0 radical (unpaired) electrons. The van der Waals surface area contributed by atoms with Crippen molar-refractivity contribution in [3.05, 3.63) is 35.6 Å². The van der Waals surface area contributed by atoms with Gasteiger partial charge in [-0.25, -0.2) is 9.69 Å². The number of carbonyl (C=O) groups excluding carboxylic acids is 2. The number of rotatable bonds is 3. The van der Waals surface area contributed by atoms with Crippen molar-refractivity contribution in [1.29, 1.82) is 0 Å². The van der Waals surface area contributed by atoms with E-state index in [1.807, 2.05) is 12.1 Å². The summed E-state index contributed by atoms with van der Waals surface area (Å²) in [6.07, 6.45) is 10.1. The first kappa shape index (κ1) is 17.1. The molecule has 5 heteroatoms. The van der Waals surface area contributed by atoms with E-state index in [4.69, 9.17) is 4.74 Å². The van der Waals surface area contributed by atoms with Crippen molar-refractivity contribution in [2.24, 2.45) is 0 Å². The minimum Gasteiger partial charge on any atom is -0.404 e. The quantitative estimate of drug-likeness (QED) is 0.758. The second kappa shape index (κ2) is 7.52. The first-order valence-electron chi connectivity index (χ1n) is 9.84. The molecule has 26 heavy (non-hydrogen) atoms. The van der Waals surface area contributed by atoms with E-state index in [9.17, 15) is 9.59 Å². The Kier molecular flexibility index (Phi) is 4.96. The molecular weight excluding hydrogens is 328 g/mol. The van der Waals surface area contributed by atoms with E-state index in [2.05, 4.69) is 17.0 Å². The highest BCUT2D eigenvalue weighted by Gasteiger charge is 2.41. The highest BCUT2D eigenvalue weighted by molar-refractivity contribution is 6.10.